The van der Waals surface area contributed by atoms with E-state index in [1.54, 1.807) is 18.2 Å². The van der Waals surface area contributed by atoms with Gasteiger partial charge in [0.2, 0.25) is 11.7 Å². The van der Waals surface area contributed by atoms with Crippen molar-refractivity contribution >= 4 is 23.2 Å². The number of likely N-dealkylation sites (N-methyl/N-ethyl adjacent to an activating group) is 1. The fourth-order valence-electron chi connectivity index (χ4n) is 2.13. The summed E-state index contributed by atoms with van der Waals surface area (Å²) in [6.07, 6.45) is 0.917. The molecule has 0 aliphatic rings. The quantitative estimate of drug-likeness (QED) is 0.901. The second-order valence-corrected chi connectivity index (χ2v) is 5.58. The van der Waals surface area contributed by atoms with E-state index in [0.717, 1.165) is 12.0 Å². The van der Waals surface area contributed by atoms with E-state index in [4.69, 9.17) is 27.7 Å². The Morgan fingerprint density at radius 1 is 1.25 bits per heavy atom. The first-order valence-corrected chi connectivity index (χ1v) is 7.28. The molecule has 2 rings (SSSR count). The maximum absolute atomic E-state index is 5.99. The lowest BCUT2D eigenvalue weighted by Crippen LogP contribution is -2.28. The normalized spacial score (nSPS) is 14.2. The Balaban J connectivity index is 2.32. The summed E-state index contributed by atoms with van der Waals surface area (Å²) in [6, 6.07) is 5.47. The van der Waals surface area contributed by atoms with E-state index < -0.39 is 0 Å². The highest BCUT2D eigenvalue weighted by atomic mass is 35.5. The molecule has 0 saturated carbocycles. The second kappa shape index (κ2) is 6.57. The highest BCUT2D eigenvalue weighted by Gasteiger charge is 2.23. The lowest BCUT2D eigenvalue weighted by molar-refractivity contribution is 0.322. The molecular weight excluding hydrogens is 297 g/mol. The molecule has 0 aliphatic heterocycles. The number of benzene rings is 1. The minimum Gasteiger partial charge on any atom is -0.339 e. The van der Waals surface area contributed by atoms with E-state index >= 15 is 0 Å². The minimum atomic E-state index is 0.177. The minimum absolute atomic E-state index is 0.177. The Bertz CT molecular complexity index is 565. The smallest absolute Gasteiger partial charge is 0.231 e. The second-order valence-electron chi connectivity index (χ2n) is 4.71. The van der Waals surface area contributed by atoms with Gasteiger partial charge in [-0.05, 0) is 38.6 Å². The maximum atomic E-state index is 5.99. The van der Waals surface area contributed by atoms with Gasteiger partial charge in [-0.25, -0.2) is 0 Å². The highest BCUT2D eigenvalue weighted by molar-refractivity contribution is 6.35. The molecule has 6 heteroatoms. The first kappa shape index (κ1) is 15.3. The molecule has 108 valence electrons. The van der Waals surface area contributed by atoms with Gasteiger partial charge in [0.15, 0.2) is 0 Å². The van der Waals surface area contributed by atoms with Crippen molar-refractivity contribution < 1.29 is 4.52 Å². The van der Waals surface area contributed by atoms with Crippen molar-refractivity contribution in [1.29, 1.82) is 0 Å². The molecule has 4 nitrogen and oxygen atoms in total. The molecule has 2 unspecified atom stereocenters. The van der Waals surface area contributed by atoms with Gasteiger partial charge >= 0.3 is 0 Å². The molecule has 2 atom stereocenters. The molecule has 1 aromatic carbocycles. The summed E-state index contributed by atoms with van der Waals surface area (Å²) in [5.41, 5.74) is 0.754. The SMILES string of the molecule is CCC(c1nc(-c2cc(Cl)cc(Cl)c2)no1)C(C)NC. The summed E-state index contributed by atoms with van der Waals surface area (Å²) in [5, 5.41) is 8.34. The molecule has 1 N–H and O–H groups in total. The number of hydrogen-bond donors (Lipinski definition) is 1. The maximum Gasteiger partial charge on any atom is 0.231 e. The van der Waals surface area contributed by atoms with Crippen LogP contribution in [0.2, 0.25) is 10.0 Å². The van der Waals surface area contributed by atoms with Crippen molar-refractivity contribution in [1.82, 2.24) is 15.5 Å². The van der Waals surface area contributed by atoms with E-state index in [-0.39, 0.29) is 12.0 Å². The number of hydrogen-bond acceptors (Lipinski definition) is 4. The monoisotopic (exact) mass is 313 g/mol. The third-order valence-electron chi connectivity index (χ3n) is 3.38. The molecule has 2 aromatic rings. The van der Waals surface area contributed by atoms with Gasteiger partial charge in [-0.1, -0.05) is 35.3 Å². The van der Waals surface area contributed by atoms with Crippen LogP contribution in [-0.2, 0) is 0 Å². The Hall–Kier alpha value is -1.10. The van der Waals surface area contributed by atoms with Crippen LogP contribution in [0.3, 0.4) is 0 Å². The lowest BCUT2D eigenvalue weighted by Gasteiger charge is -2.17. The Morgan fingerprint density at radius 3 is 2.45 bits per heavy atom. The Kier molecular flexibility index (Phi) is 5.02. The van der Waals surface area contributed by atoms with Crippen LogP contribution in [0.15, 0.2) is 22.7 Å². The van der Waals surface area contributed by atoms with Gasteiger partial charge in [0.25, 0.3) is 0 Å². The average Bonchev–Trinajstić information content (AvgIpc) is 2.87. The third kappa shape index (κ3) is 3.32. The number of nitrogens with zero attached hydrogens (tertiary/aromatic N) is 2. The summed E-state index contributed by atoms with van der Waals surface area (Å²) in [6.45, 7) is 4.19. The summed E-state index contributed by atoms with van der Waals surface area (Å²) >= 11 is 12.0. The third-order valence-corrected chi connectivity index (χ3v) is 3.81. The first-order chi connectivity index (χ1) is 9.55. The van der Waals surface area contributed by atoms with Gasteiger partial charge in [0, 0.05) is 21.7 Å². The van der Waals surface area contributed by atoms with Gasteiger partial charge in [-0.2, -0.15) is 4.98 Å². The molecule has 0 radical (unpaired) electrons. The zero-order chi connectivity index (χ0) is 14.7. The lowest BCUT2D eigenvalue weighted by atomic mass is 9.98. The van der Waals surface area contributed by atoms with Gasteiger partial charge < -0.3 is 9.84 Å². The summed E-state index contributed by atoms with van der Waals surface area (Å²) < 4.78 is 5.39. The van der Waals surface area contributed by atoms with Crippen molar-refractivity contribution in [3.8, 4) is 11.4 Å². The largest absolute Gasteiger partial charge is 0.339 e. The van der Waals surface area contributed by atoms with Gasteiger partial charge in [-0.3, -0.25) is 0 Å². The Morgan fingerprint density at radius 2 is 1.90 bits per heavy atom. The first-order valence-electron chi connectivity index (χ1n) is 6.52. The zero-order valence-corrected chi connectivity index (χ0v) is 13.2. The topological polar surface area (TPSA) is 51.0 Å². The molecule has 1 heterocycles. The predicted octanol–water partition coefficient (Wildman–Crippen LogP) is 4.14. The fourth-order valence-corrected chi connectivity index (χ4v) is 2.66. The number of aromatic nitrogens is 2. The van der Waals surface area contributed by atoms with Crippen molar-refractivity contribution in [3.05, 3.63) is 34.1 Å². The van der Waals surface area contributed by atoms with Crippen molar-refractivity contribution in [2.24, 2.45) is 0 Å². The fraction of sp³-hybridized carbons (Fsp3) is 0.429. The zero-order valence-electron chi connectivity index (χ0n) is 11.7. The number of nitrogens with one attached hydrogen (secondary N) is 1. The molecule has 0 fully saturated rings. The number of rotatable bonds is 5. The molecule has 1 aromatic heterocycles. The van der Waals surface area contributed by atoms with Crippen LogP contribution in [0.5, 0.6) is 0 Å². The van der Waals surface area contributed by atoms with Gasteiger partial charge in [-0.15, -0.1) is 0 Å². The Labute approximate surface area is 128 Å². The van der Waals surface area contributed by atoms with E-state index in [1.807, 2.05) is 7.05 Å². The summed E-state index contributed by atoms with van der Waals surface area (Å²) in [4.78, 5) is 4.47. The molecule has 20 heavy (non-hydrogen) atoms. The summed E-state index contributed by atoms with van der Waals surface area (Å²) in [7, 11) is 1.92. The van der Waals surface area contributed by atoms with Crippen LogP contribution < -0.4 is 5.32 Å². The van der Waals surface area contributed by atoms with Crippen molar-refractivity contribution in [2.75, 3.05) is 7.05 Å². The van der Waals surface area contributed by atoms with Crippen LogP contribution in [0.25, 0.3) is 11.4 Å². The molecule has 0 saturated heterocycles. The summed E-state index contributed by atoms with van der Waals surface area (Å²) in [5.74, 6) is 1.31. The highest BCUT2D eigenvalue weighted by Crippen LogP contribution is 2.28. The van der Waals surface area contributed by atoms with Crippen molar-refractivity contribution in [2.45, 2.75) is 32.2 Å². The molecular formula is C14H17Cl2N3O. The molecule has 0 amide bonds. The van der Waals surface area contributed by atoms with Gasteiger partial charge in [0.05, 0.1) is 5.92 Å². The standard InChI is InChI=1S/C14H17Cl2N3O/c1-4-12(8(2)17-3)14-18-13(19-20-14)9-5-10(15)7-11(16)6-9/h5-8,12,17H,4H2,1-3H3. The van der Waals surface area contributed by atoms with Crippen molar-refractivity contribution in [3.63, 3.8) is 0 Å². The molecule has 0 spiro atoms. The number of halogens is 2. The predicted molar refractivity (Wildman–Crippen MR) is 81.3 cm³/mol. The van der Waals surface area contributed by atoms with E-state index in [2.05, 4.69) is 29.3 Å². The molecule has 0 aliphatic carbocycles. The van der Waals surface area contributed by atoms with Crippen LogP contribution in [0.1, 0.15) is 32.1 Å². The van der Waals surface area contributed by atoms with Crippen LogP contribution in [0.4, 0.5) is 0 Å². The average molecular weight is 314 g/mol. The van der Waals surface area contributed by atoms with E-state index in [9.17, 15) is 0 Å². The van der Waals surface area contributed by atoms with Crippen LogP contribution in [-0.4, -0.2) is 23.2 Å². The van der Waals surface area contributed by atoms with Gasteiger partial charge in [0.1, 0.15) is 0 Å². The molecule has 0 bridgehead atoms. The van der Waals surface area contributed by atoms with Crippen LogP contribution in [0, 0.1) is 0 Å². The van der Waals surface area contributed by atoms with Crippen LogP contribution >= 0.6 is 23.2 Å². The van der Waals surface area contributed by atoms with E-state index in [1.165, 1.54) is 0 Å². The van der Waals surface area contributed by atoms with E-state index in [0.29, 0.717) is 21.8 Å².